The Labute approximate surface area is 152 Å². The summed E-state index contributed by atoms with van der Waals surface area (Å²) < 4.78 is 1.98. The van der Waals surface area contributed by atoms with Gasteiger partial charge >= 0.3 is 0 Å². The maximum absolute atomic E-state index is 12.5. The highest BCUT2D eigenvalue weighted by molar-refractivity contribution is 5.94. The minimum absolute atomic E-state index is 0.0143. The molecule has 1 atom stereocenters. The molecular formula is C20H23N5O. The van der Waals surface area contributed by atoms with E-state index in [9.17, 15) is 4.79 Å². The van der Waals surface area contributed by atoms with Gasteiger partial charge in [-0.05, 0) is 62.4 Å². The van der Waals surface area contributed by atoms with Crippen molar-refractivity contribution in [3.63, 3.8) is 0 Å². The molecule has 6 heteroatoms. The van der Waals surface area contributed by atoms with Crippen molar-refractivity contribution in [2.24, 2.45) is 0 Å². The zero-order valence-corrected chi connectivity index (χ0v) is 15.1. The molecule has 6 nitrogen and oxygen atoms in total. The van der Waals surface area contributed by atoms with Gasteiger partial charge in [0.2, 0.25) is 0 Å². The summed E-state index contributed by atoms with van der Waals surface area (Å²) in [6.07, 6.45) is 4.58. The van der Waals surface area contributed by atoms with E-state index in [4.69, 9.17) is 0 Å². The number of aryl methyl sites for hydroxylation is 3. The number of carbonyl (C=O) groups is 1. The molecule has 0 saturated heterocycles. The normalized spacial score (nSPS) is 16.3. The Kier molecular flexibility index (Phi) is 4.32. The zero-order chi connectivity index (χ0) is 18.1. The lowest BCUT2D eigenvalue weighted by atomic mass is 9.93. The van der Waals surface area contributed by atoms with E-state index in [0.29, 0.717) is 12.1 Å². The van der Waals surface area contributed by atoms with E-state index in [2.05, 4.69) is 33.6 Å². The minimum Gasteiger partial charge on any atom is -0.349 e. The number of carbonyl (C=O) groups excluding carboxylic acids is 1. The van der Waals surface area contributed by atoms with Crippen molar-refractivity contribution in [1.29, 1.82) is 0 Å². The molecule has 3 aromatic rings. The van der Waals surface area contributed by atoms with E-state index in [1.54, 1.807) is 0 Å². The van der Waals surface area contributed by atoms with Crippen molar-refractivity contribution in [3.05, 3.63) is 70.3 Å². The highest BCUT2D eigenvalue weighted by atomic mass is 16.1. The first kappa shape index (κ1) is 16.6. The molecule has 0 radical (unpaired) electrons. The first-order chi connectivity index (χ1) is 12.6. The van der Waals surface area contributed by atoms with Gasteiger partial charge in [-0.25, -0.2) is 0 Å². The molecule has 2 N–H and O–H groups in total. The predicted molar refractivity (Wildman–Crippen MR) is 99.1 cm³/mol. The quantitative estimate of drug-likeness (QED) is 0.760. The summed E-state index contributed by atoms with van der Waals surface area (Å²) in [5, 5.41) is 14.7. The van der Waals surface area contributed by atoms with Crippen LogP contribution in [0.5, 0.6) is 0 Å². The van der Waals surface area contributed by atoms with Crippen LogP contribution >= 0.6 is 0 Å². The Morgan fingerprint density at radius 3 is 2.85 bits per heavy atom. The summed E-state index contributed by atoms with van der Waals surface area (Å²) in [6, 6.07) is 10.0. The molecule has 0 bridgehead atoms. The Bertz CT molecular complexity index is 922. The van der Waals surface area contributed by atoms with Crippen LogP contribution in [0.25, 0.3) is 0 Å². The van der Waals surface area contributed by atoms with Crippen LogP contribution in [0.3, 0.4) is 0 Å². The second kappa shape index (κ2) is 6.78. The maximum Gasteiger partial charge on any atom is 0.251 e. The SMILES string of the molecule is Cc1cc(C)n(Cc2ccc(C(=O)NC3CCc4[nH]ncc4C3)cc2)n1. The average molecular weight is 349 g/mol. The highest BCUT2D eigenvalue weighted by Gasteiger charge is 2.21. The molecule has 2 heterocycles. The van der Waals surface area contributed by atoms with Gasteiger partial charge in [-0.3, -0.25) is 14.6 Å². The zero-order valence-electron chi connectivity index (χ0n) is 15.1. The summed E-state index contributed by atoms with van der Waals surface area (Å²) in [6.45, 7) is 4.76. The van der Waals surface area contributed by atoms with Gasteiger partial charge in [0.05, 0.1) is 18.4 Å². The average Bonchev–Trinajstić information content (AvgIpc) is 3.21. The summed E-state index contributed by atoms with van der Waals surface area (Å²) >= 11 is 0. The first-order valence-corrected chi connectivity index (χ1v) is 9.00. The smallest absolute Gasteiger partial charge is 0.251 e. The molecule has 2 aromatic heterocycles. The topological polar surface area (TPSA) is 75.6 Å². The van der Waals surface area contributed by atoms with Crippen molar-refractivity contribution in [1.82, 2.24) is 25.3 Å². The monoisotopic (exact) mass is 349 g/mol. The minimum atomic E-state index is -0.0143. The third-order valence-electron chi connectivity index (χ3n) is 5.00. The largest absolute Gasteiger partial charge is 0.349 e. The fourth-order valence-electron chi connectivity index (χ4n) is 3.58. The van der Waals surface area contributed by atoms with Crippen molar-refractivity contribution in [3.8, 4) is 0 Å². The lowest BCUT2D eigenvalue weighted by Gasteiger charge is -2.22. The number of fused-ring (bicyclic) bond motifs is 1. The van der Waals surface area contributed by atoms with Crippen LogP contribution in [0, 0.1) is 13.8 Å². The Hall–Kier alpha value is -2.89. The lowest BCUT2D eigenvalue weighted by molar-refractivity contribution is 0.0933. The number of nitrogens with one attached hydrogen (secondary N) is 2. The number of amides is 1. The van der Waals surface area contributed by atoms with E-state index >= 15 is 0 Å². The third-order valence-corrected chi connectivity index (χ3v) is 5.00. The van der Waals surface area contributed by atoms with Crippen LogP contribution in [0.1, 0.15) is 45.0 Å². The van der Waals surface area contributed by atoms with Gasteiger partial charge < -0.3 is 5.32 Å². The summed E-state index contributed by atoms with van der Waals surface area (Å²) in [5.74, 6) is -0.0143. The molecule has 1 aromatic carbocycles. The molecule has 26 heavy (non-hydrogen) atoms. The number of H-pyrrole nitrogens is 1. The van der Waals surface area contributed by atoms with E-state index in [1.807, 2.05) is 42.1 Å². The van der Waals surface area contributed by atoms with Crippen LogP contribution in [-0.4, -0.2) is 31.9 Å². The molecule has 0 fully saturated rings. The van der Waals surface area contributed by atoms with Crippen LogP contribution in [0.15, 0.2) is 36.5 Å². The molecule has 0 spiro atoms. The van der Waals surface area contributed by atoms with Crippen LogP contribution < -0.4 is 5.32 Å². The van der Waals surface area contributed by atoms with E-state index in [0.717, 1.165) is 36.2 Å². The molecular weight excluding hydrogens is 326 g/mol. The second-order valence-electron chi connectivity index (χ2n) is 7.07. The predicted octanol–water partition coefficient (Wildman–Crippen LogP) is 2.56. The van der Waals surface area contributed by atoms with Crippen molar-refractivity contribution in [2.45, 2.75) is 45.7 Å². The number of hydrogen-bond donors (Lipinski definition) is 2. The van der Waals surface area contributed by atoms with Gasteiger partial charge in [-0.2, -0.15) is 10.2 Å². The number of hydrogen-bond acceptors (Lipinski definition) is 3. The van der Waals surface area contributed by atoms with Gasteiger partial charge in [-0.1, -0.05) is 12.1 Å². The Balaban J connectivity index is 1.39. The summed E-state index contributed by atoms with van der Waals surface area (Å²) in [5.41, 5.74) is 6.39. The molecule has 0 aliphatic heterocycles. The molecule has 0 saturated carbocycles. The van der Waals surface area contributed by atoms with Crippen molar-refractivity contribution in [2.75, 3.05) is 0 Å². The van der Waals surface area contributed by atoms with Crippen molar-refractivity contribution < 1.29 is 4.79 Å². The molecule has 134 valence electrons. The summed E-state index contributed by atoms with van der Waals surface area (Å²) in [4.78, 5) is 12.5. The standard InChI is InChI=1S/C20H23N5O/c1-13-9-14(2)25(24-13)12-15-3-5-16(6-4-15)20(26)22-18-7-8-19-17(10-18)11-21-23-19/h3-6,9,11,18H,7-8,10,12H2,1-2H3,(H,21,23)(H,22,26). The molecule has 1 unspecified atom stereocenters. The molecule has 1 aliphatic rings. The second-order valence-corrected chi connectivity index (χ2v) is 7.07. The molecule has 1 aliphatic carbocycles. The van der Waals surface area contributed by atoms with Gasteiger partial charge in [0.1, 0.15) is 0 Å². The molecule has 4 rings (SSSR count). The number of aromatic amines is 1. The van der Waals surface area contributed by atoms with Crippen LogP contribution in [0.4, 0.5) is 0 Å². The first-order valence-electron chi connectivity index (χ1n) is 9.00. The highest BCUT2D eigenvalue weighted by Crippen LogP contribution is 2.19. The number of rotatable bonds is 4. The lowest BCUT2D eigenvalue weighted by Crippen LogP contribution is -2.38. The fraction of sp³-hybridized carbons (Fsp3) is 0.350. The maximum atomic E-state index is 12.5. The fourth-order valence-corrected chi connectivity index (χ4v) is 3.58. The Morgan fingerprint density at radius 1 is 1.31 bits per heavy atom. The molecule has 1 amide bonds. The van der Waals surface area contributed by atoms with Crippen LogP contribution in [-0.2, 0) is 19.4 Å². The van der Waals surface area contributed by atoms with Gasteiger partial charge in [0.25, 0.3) is 5.91 Å². The van der Waals surface area contributed by atoms with Crippen molar-refractivity contribution >= 4 is 5.91 Å². The number of aromatic nitrogens is 4. The van der Waals surface area contributed by atoms with E-state index in [1.165, 1.54) is 11.3 Å². The van der Waals surface area contributed by atoms with E-state index in [-0.39, 0.29) is 11.9 Å². The van der Waals surface area contributed by atoms with Gasteiger partial charge in [0, 0.05) is 23.0 Å². The van der Waals surface area contributed by atoms with Crippen LogP contribution in [0.2, 0.25) is 0 Å². The van der Waals surface area contributed by atoms with Gasteiger partial charge in [0.15, 0.2) is 0 Å². The van der Waals surface area contributed by atoms with Gasteiger partial charge in [-0.15, -0.1) is 0 Å². The van der Waals surface area contributed by atoms with E-state index < -0.39 is 0 Å². The number of nitrogens with zero attached hydrogens (tertiary/aromatic N) is 3. The summed E-state index contributed by atoms with van der Waals surface area (Å²) in [7, 11) is 0. The number of benzene rings is 1. The Morgan fingerprint density at radius 2 is 2.12 bits per heavy atom. The third kappa shape index (κ3) is 3.40.